The van der Waals surface area contributed by atoms with Crippen LogP contribution in [-0.4, -0.2) is 89.7 Å². The Hall–Kier alpha value is -3.05. The van der Waals surface area contributed by atoms with Crippen LogP contribution in [0.1, 0.15) is 78.5 Å². The van der Waals surface area contributed by atoms with E-state index in [1.54, 1.807) is 13.8 Å². The van der Waals surface area contributed by atoms with E-state index >= 15 is 0 Å². The topological polar surface area (TPSA) is 132 Å². The van der Waals surface area contributed by atoms with Gasteiger partial charge in [0.25, 0.3) is 0 Å². The van der Waals surface area contributed by atoms with Crippen LogP contribution in [-0.2, 0) is 30.7 Å². The number of hydrogen-bond donors (Lipinski definition) is 2. The molecule has 58 heavy (non-hydrogen) atoms. The van der Waals surface area contributed by atoms with Gasteiger partial charge in [0.15, 0.2) is 0 Å². The lowest BCUT2D eigenvalue weighted by Gasteiger charge is -2.26. The Morgan fingerprint density at radius 3 is 1.98 bits per heavy atom. The van der Waals surface area contributed by atoms with Crippen LogP contribution in [0.5, 0.6) is 11.5 Å². The van der Waals surface area contributed by atoms with Crippen molar-refractivity contribution in [2.24, 2.45) is 0 Å². The van der Waals surface area contributed by atoms with Gasteiger partial charge in [-0.3, -0.25) is 4.79 Å². The Morgan fingerprint density at radius 2 is 1.45 bits per heavy atom. The van der Waals surface area contributed by atoms with Gasteiger partial charge in [-0.25, -0.2) is 8.42 Å². The first kappa shape index (κ1) is 47.6. The molecule has 0 aliphatic heterocycles. The van der Waals surface area contributed by atoms with Gasteiger partial charge in [-0.15, -0.1) is 0 Å². The number of ether oxygens (including phenoxy) is 4. The number of aliphatic carboxylic acids is 1. The van der Waals surface area contributed by atoms with Crippen molar-refractivity contribution in [1.82, 2.24) is 4.31 Å². The van der Waals surface area contributed by atoms with Crippen molar-refractivity contribution in [1.29, 1.82) is 0 Å². The van der Waals surface area contributed by atoms with Crippen LogP contribution in [0.15, 0.2) is 48.5 Å². The van der Waals surface area contributed by atoms with Gasteiger partial charge in [-0.1, -0.05) is 63.5 Å². The molecule has 1 unspecified atom stereocenters. The number of aryl methyl sites for hydroxylation is 3. The van der Waals surface area contributed by atoms with Gasteiger partial charge in [-0.2, -0.15) is 4.31 Å². The van der Waals surface area contributed by atoms with Crippen LogP contribution in [0, 0.1) is 20.8 Å². The number of carbonyl (C=O) groups is 1. The van der Waals surface area contributed by atoms with Crippen LogP contribution in [0.2, 0.25) is 51.4 Å². The molecular formula is C45H69NO9SSi2. The highest BCUT2D eigenvalue weighted by Crippen LogP contribution is 2.43. The molecule has 0 amide bonds. The van der Waals surface area contributed by atoms with Gasteiger partial charge in [0.05, 0.1) is 24.4 Å². The predicted octanol–water partition coefficient (Wildman–Crippen LogP) is 9.70. The second-order valence-electron chi connectivity index (χ2n) is 19.1. The van der Waals surface area contributed by atoms with E-state index in [1.165, 1.54) is 21.0 Å². The summed E-state index contributed by atoms with van der Waals surface area (Å²) in [4.78, 5) is 12.1. The van der Waals surface area contributed by atoms with Gasteiger partial charge < -0.3 is 29.2 Å². The molecule has 0 spiro atoms. The highest BCUT2D eigenvalue weighted by molar-refractivity contribution is 7.89. The second-order valence-corrected chi connectivity index (χ2v) is 32.4. The van der Waals surface area contributed by atoms with Crippen molar-refractivity contribution < 1.29 is 42.4 Å². The lowest BCUT2D eigenvalue weighted by molar-refractivity contribution is -0.137. The minimum Gasteiger partial charge on any atom is -0.493 e. The molecule has 3 aromatic rings. The lowest BCUT2D eigenvalue weighted by atomic mass is 9.90. The van der Waals surface area contributed by atoms with Crippen molar-refractivity contribution in [3.05, 3.63) is 81.9 Å². The van der Waals surface area contributed by atoms with Crippen molar-refractivity contribution in [2.75, 3.05) is 39.0 Å². The zero-order valence-corrected chi connectivity index (χ0v) is 39.7. The largest absolute Gasteiger partial charge is 0.493 e. The molecule has 0 fully saturated rings. The van der Waals surface area contributed by atoms with E-state index in [9.17, 15) is 23.4 Å². The highest BCUT2D eigenvalue weighted by atomic mass is 32.2. The predicted molar refractivity (Wildman–Crippen MR) is 239 cm³/mol. The molecule has 0 radical (unpaired) electrons. The molecule has 0 heterocycles. The van der Waals surface area contributed by atoms with E-state index in [1.807, 2.05) is 25.1 Å². The minimum atomic E-state index is -3.98. The summed E-state index contributed by atoms with van der Waals surface area (Å²) in [6.45, 7) is 24.2. The molecule has 2 N–H and O–H groups in total. The third-order valence-corrected chi connectivity index (χ3v) is 15.9. The third kappa shape index (κ3) is 14.6. The van der Waals surface area contributed by atoms with Crippen LogP contribution < -0.4 is 9.47 Å². The maximum atomic E-state index is 14.0. The maximum absolute atomic E-state index is 14.0. The minimum absolute atomic E-state index is 0.140. The normalized spacial score (nSPS) is 15.4. The first-order valence-corrected chi connectivity index (χ1v) is 29.7. The van der Waals surface area contributed by atoms with Crippen molar-refractivity contribution in [3.63, 3.8) is 0 Å². The SMILES string of the molecule is Cc1cc(O[C@@H]2CCc3c(-c4c(C)cc(OCCC(C)(C)O)cc4C)cccc32)ccc1C(CC(=O)O)CS(=O)(=O)N(COCC[Si](C)(C)C)COCC[Si](C)(C)C. The quantitative estimate of drug-likeness (QED) is 0.0544. The summed E-state index contributed by atoms with van der Waals surface area (Å²) in [6.07, 6.45) is 1.69. The molecule has 13 heteroatoms. The van der Waals surface area contributed by atoms with E-state index in [0.717, 1.165) is 52.9 Å². The highest BCUT2D eigenvalue weighted by Gasteiger charge is 2.32. The first-order valence-electron chi connectivity index (χ1n) is 20.6. The molecule has 0 saturated heterocycles. The summed E-state index contributed by atoms with van der Waals surface area (Å²) in [5, 5.41) is 20.0. The molecule has 3 aromatic carbocycles. The number of hydrogen-bond acceptors (Lipinski definition) is 8. The number of carboxylic acids is 1. The number of rotatable bonds is 23. The van der Waals surface area contributed by atoms with Gasteiger partial charge in [-0.05, 0) is 128 Å². The van der Waals surface area contributed by atoms with Crippen molar-refractivity contribution in [3.8, 4) is 22.6 Å². The zero-order chi connectivity index (χ0) is 43.1. The summed E-state index contributed by atoms with van der Waals surface area (Å²) in [5.74, 6) is -0.807. The summed E-state index contributed by atoms with van der Waals surface area (Å²) in [5.41, 5.74) is 7.64. The van der Waals surface area contributed by atoms with Gasteiger partial charge >= 0.3 is 5.97 Å². The monoisotopic (exact) mass is 855 g/mol. The fourth-order valence-electron chi connectivity index (χ4n) is 7.28. The summed E-state index contributed by atoms with van der Waals surface area (Å²) in [6, 6.07) is 17.8. The first-order chi connectivity index (χ1) is 26.9. The average molecular weight is 856 g/mol. The Morgan fingerprint density at radius 1 is 0.862 bits per heavy atom. The Labute approximate surface area is 350 Å². The second kappa shape index (κ2) is 20.0. The van der Waals surface area contributed by atoms with Gasteiger partial charge in [0, 0.05) is 41.7 Å². The van der Waals surface area contributed by atoms with Crippen LogP contribution in [0.25, 0.3) is 11.1 Å². The molecule has 4 rings (SSSR count). The standard InChI is InChI=1S/C45H69NO9SSi2/c1-32-25-36(55-42-18-17-39-40(42)13-12-14-41(39)44-33(2)26-37(27-34(44)3)54-20-19-45(4,5)49)15-16-38(32)35(28-43(47)48)29-56(50,51)46(30-52-21-23-57(6,7)8)31-53-22-24-58(9,10)11/h12-16,25-27,35,42,49H,17-24,28-31H2,1-11H3,(H,47,48)/t35?,42-/m1/s1. The number of fused-ring (bicyclic) bond motifs is 1. The molecule has 0 aromatic heterocycles. The molecule has 1 aliphatic carbocycles. The van der Waals surface area contributed by atoms with Gasteiger partial charge in [0.1, 0.15) is 31.1 Å². The number of carboxylic acid groups (broad SMARTS) is 1. The maximum Gasteiger partial charge on any atom is 0.303 e. The fraction of sp³-hybridized carbons (Fsp3) is 0.578. The Kier molecular flexibility index (Phi) is 16.4. The molecule has 2 atom stereocenters. The Balaban J connectivity index is 1.52. The van der Waals surface area contributed by atoms with E-state index < -0.39 is 43.7 Å². The number of sulfonamides is 1. The van der Waals surface area contributed by atoms with E-state index in [4.69, 9.17) is 18.9 Å². The van der Waals surface area contributed by atoms with Crippen LogP contribution in [0.3, 0.4) is 0 Å². The third-order valence-electron chi connectivity index (χ3n) is 10.6. The van der Waals surface area contributed by atoms with Crippen molar-refractivity contribution in [2.45, 2.75) is 129 Å². The Bertz CT molecular complexity index is 1920. The van der Waals surface area contributed by atoms with E-state index in [2.05, 4.69) is 83.5 Å². The summed E-state index contributed by atoms with van der Waals surface area (Å²) < 4.78 is 53.7. The molecule has 0 saturated carbocycles. The van der Waals surface area contributed by atoms with Gasteiger partial charge in [0.2, 0.25) is 10.0 Å². The smallest absolute Gasteiger partial charge is 0.303 e. The number of benzene rings is 3. The molecule has 0 bridgehead atoms. The van der Waals surface area contributed by atoms with Crippen LogP contribution in [0.4, 0.5) is 0 Å². The summed E-state index contributed by atoms with van der Waals surface area (Å²) in [7, 11) is -6.76. The zero-order valence-electron chi connectivity index (χ0n) is 36.9. The number of nitrogens with zero attached hydrogens (tertiary/aromatic N) is 1. The lowest BCUT2D eigenvalue weighted by Crippen LogP contribution is -2.39. The average Bonchev–Trinajstić information content (AvgIpc) is 3.48. The molecule has 10 nitrogen and oxygen atoms in total. The van der Waals surface area contributed by atoms with Crippen LogP contribution >= 0.6 is 0 Å². The molecule has 1 aliphatic rings. The number of aliphatic hydroxyl groups is 1. The molecule has 322 valence electrons. The summed E-state index contributed by atoms with van der Waals surface area (Å²) >= 11 is 0. The van der Waals surface area contributed by atoms with Crippen molar-refractivity contribution >= 4 is 32.1 Å². The van der Waals surface area contributed by atoms with E-state index in [0.29, 0.717) is 37.6 Å². The molecular weight excluding hydrogens is 787 g/mol. The fourth-order valence-corrected chi connectivity index (χ4v) is 10.3. The van der Waals surface area contributed by atoms with E-state index in [-0.39, 0.29) is 31.7 Å².